The number of aromatic nitrogens is 2. The van der Waals surface area contributed by atoms with Crippen molar-refractivity contribution in [1.82, 2.24) is 10.2 Å². The average Bonchev–Trinajstić information content (AvgIpc) is 3.14. The molecule has 0 saturated carbocycles. The number of thioether (sulfide) groups is 1. The first-order valence-electron chi connectivity index (χ1n) is 8.80. The second-order valence-corrected chi connectivity index (χ2v) is 8.54. The lowest BCUT2D eigenvalue weighted by atomic mass is 10.0. The monoisotopic (exact) mass is 414 g/mol. The molecule has 0 spiro atoms. The summed E-state index contributed by atoms with van der Waals surface area (Å²) in [6.45, 7) is 4.26. The predicted octanol–water partition coefficient (Wildman–Crippen LogP) is 5.14. The summed E-state index contributed by atoms with van der Waals surface area (Å²) in [4.78, 5) is 12.2. The molecular weight excluding hydrogens is 392 g/mol. The fraction of sp³-hybridized carbons (Fsp3) is 0.250. The molecule has 0 unspecified atom stereocenters. The molecule has 146 valence electrons. The normalized spacial score (nSPS) is 10.7. The lowest BCUT2D eigenvalue weighted by Crippen LogP contribution is -2.14. The van der Waals surface area contributed by atoms with Gasteiger partial charge in [-0.3, -0.25) is 4.79 Å². The maximum absolute atomic E-state index is 12.2. The summed E-state index contributed by atoms with van der Waals surface area (Å²) in [6.07, 6.45) is 0. The highest BCUT2D eigenvalue weighted by atomic mass is 32.2. The van der Waals surface area contributed by atoms with Crippen molar-refractivity contribution in [2.45, 2.75) is 24.1 Å². The second kappa shape index (κ2) is 9.57. The van der Waals surface area contributed by atoms with Crippen molar-refractivity contribution in [3.05, 3.63) is 54.1 Å². The quantitative estimate of drug-likeness (QED) is 0.497. The number of nitrogens with zero attached hydrogens (tertiary/aromatic N) is 2. The third kappa shape index (κ3) is 5.71. The summed E-state index contributed by atoms with van der Waals surface area (Å²) in [5.74, 6) is 1.43. The first kappa shape index (κ1) is 20.2. The molecule has 0 saturated heterocycles. The van der Waals surface area contributed by atoms with E-state index < -0.39 is 0 Å². The van der Waals surface area contributed by atoms with E-state index in [0.29, 0.717) is 11.0 Å². The van der Waals surface area contributed by atoms with Crippen LogP contribution >= 0.6 is 23.1 Å². The zero-order chi connectivity index (χ0) is 19.9. The minimum atomic E-state index is -0.0641. The molecule has 6 nitrogen and oxygen atoms in total. The Balaban J connectivity index is 1.50. The molecular formula is C20H22N4O2S2. The van der Waals surface area contributed by atoms with E-state index in [2.05, 4.69) is 40.7 Å². The van der Waals surface area contributed by atoms with Crippen LogP contribution in [0.15, 0.2) is 52.9 Å². The highest BCUT2D eigenvalue weighted by molar-refractivity contribution is 8.01. The molecule has 2 N–H and O–H groups in total. The SMILES string of the molecule is COc1ccc(Nc2nnc(SCC(=O)Nc3cccc(C(C)C)c3)s2)cc1. The Morgan fingerprint density at radius 1 is 1.14 bits per heavy atom. The lowest BCUT2D eigenvalue weighted by Gasteiger charge is -2.09. The van der Waals surface area contributed by atoms with Crippen LogP contribution in [0.4, 0.5) is 16.5 Å². The highest BCUT2D eigenvalue weighted by Gasteiger charge is 2.10. The molecule has 1 heterocycles. The Labute approximate surface area is 172 Å². The van der Waals surface area contributed by atoms with Crippen LogP contribution in [0.5, 0.6) is 5.75 Å². The molecule has 28 heavy (non-hydrogen) atoms. The zero-order valence-corrected chi connectivity index (χ0v) is 17.6. The fourth-order valence-corrected chi connectivity index (χ4v) is 3.99. The van der Waals surface area contributed by atoms with Crippen molar-refractivity contribution in [1.29, 1.82) is 0 Å². The van der Waals surface area contributed by atoms with Crippen molar-refractivity contribution in [2.24, 2.45) is 0 Å². The largest absolute Gasteiger partial charge is 0.497 e. The first-order chi connectivity index (χ1) is 13.5. The van der Waals surface area contributed by atoms with E-state index in [0.717, 1.165) is 21.5 Å². The van der Waals surface area contributed by atoms with Gasteiger partial charge in [0, 0.05) is 11.4 Å². The van der Waals surface area contributed by atoms with Crippen molar-refractivity contribution in [3.8, 4) is 5.75 Å². The Morgan fingerprint density at radius 2 is 1.93 bits per heavy atom. The van der Waals surface area contributed by atoms with Crippen LogP contribution in [0.25, 0.3) is 0 Å². The van der Waals surface area contributed by atoms with E-state index in [1.54, 1.807) is 7.11 Å². The minimum absolute atomic E-state index is 0.0641. The molecule has 0 fully saturated rings. The van der Waals surface area contributed by atoms with Gasteiger partial charge in [0.25, 0.3) is 0 Å². The number of rotatable bonds is 8. The number of carbonyl (C=O) groups excluding carboxylic acids is 1. The second-order valence-electron chi connectivity index (χ2n) is 6.34. The summed E-state index contributed by atoms with van der Waals surface area (Å²) in [5, 5.41) is 15.1. The molecule has 0 radical (unpaired) electrons. The standard InChI is InChI=1S/C20H22N4O2S2/c1-13(2)14-5-4-6-16(11-14)21-18(25)12-27-20-24-23-19(28-20)22-15-7-9-17(26-3)10-8-15/h4-11,13H,12H2,1-3H3,(H,21,25)(H,22,23). The summed E-state index contributed by atoms with van der Waals surface area (Å²) in [5.41, 5.74) is 2.91. The van der Waals surface area contributed by atoms with Crippen LogP contribution in [0.2, 0.25) is 0 Å². The maximum atomic E-state index is 12.2. The number of methoxy groups -OCH3 is 1. The van der Waals surface area contributed by atoms with Gasteiger partial charge in [0.15, 0.2) is 4.34 Å². The van der Waals surface area contributed by atoms with Gasteiger partial charge >= 0.3 is 0 Å². The van der Waals surface area contributed by atoms with Crippen LogP contribution in [0, 0.1) is 0 Å². The minimum Gasteiger partial charge on any atom is -0.497 e. The Kier molecular flexibility index (Phi) is 6.89. The van der Waals surface area contributed by atoms with E-state index in [4.69, 9.17) is 4.74 Å². The Bertz CT molecular complexity index is 926. The van der Waals surface area contributed by atoms with Crippen molar-refractivity contribution in [3.63, 3.8) is 0 Å². The number of carbonyl (C=O) groups is 1. The van der Waals surface area contributed by atoms with Gasteiger partial charge in [-0.2, -0.15) is 0 Å². The molecule has 8 heteroatoms. The van der Waals surface area contributed by atoms with Gasteiger partial charge in [-0.05, 0) is 47.9 Å². The summed E-state index contributed by atoms with van der Waals surface area (Å²) in [7, 11) is 1.63. The topological polar surface area (TPSA) is 76.1 Å². The van der Waals surface area contributed by atoms with Crippen LogP contribution < -0.4 is 15.4 Å². The molecule has 1 amide bonds. The lowest BCUT2D eigenvalue weighted by molar-refractivity contribution is -0.113. The van der Waals surface area contributed by atoms with Crippen LogP contribution in [-0.2, 0) is 4.79 Å². The van der Waals surface area contributed by atoms with Gasteiger partial charge in [0.05, 0.1) is 12.9 Å². The number of ether oxygens (including phenoxy) is 1. The smallest absolute Gasteiger partial charge is 0.234 e. The van der Waals surface area contributed by atoms with Gasteiger partial charge in [-0.1, -0.05) is 49.1 Å². The Hall–Kier alpha value is -2.58. The predicted molar refractivity (Wildman–Crippen MR) is 116 cm³/mol. The number of anilines is 3. The molecule has 3 rings (SSSR count). The van der Waals surface area contributed by atoms with Crippen LogP contribution in [0.3, 0.4) is 0 Å². The summed E-state index contributed by atoms with van der Waals surface area (Å²) < 4.78 is 5.88. The van der Waals surface area contributed by atoms with Crippen molar-refractivity contribution >= 4 is 45.5 Å². The first-order valence-corrected chi connectivity index (χ1v) is 10.6. The van der Waals surface area contributed by atoms with Gasteiger partial charge < -0.3 is 15.4 Å². The summed E-state index contributed by atoms with van der Waals surface area (Å²) >= 11 is 2.78. The highest BCUT2D eigenvalue weighted by Crippen LogP contribution is 2.28. The fourth-order valence-electron chi connectivity index (χ4n) is 2.42. The molecule has 0 aliphatic carbocycles. The van der Waals surface area contributed by atoms with E-state index in [-0.39, 0.29) is 11.7 Å². The van der Waals surface area contributed by atoms with Gasteiger partial charge in [-0.15, -0.1) is 10.2 Å². The number of amides is 1. The van der Waals surface area contributed by atoms with E-state index >= 15 is 0 Å². The Morgan fingerprint density at radius 3 is 2.64 bits per heavy atom. The number of hydrogen-bond donors (Lipinski definition) is 2. The van der Waals surface area contributed by atoms with E-state index in [1.807, 2.05) is 42.5 Å². The molecule has 1 aromatic heterocycles. The van der Waals surface area contributed by atoms with Gasteiger partial charge in [-0.25, -0.2) is 0 Å². The molecule has 0 aliphatic rings. The third-order valence-electron chi connectivity index (χ3n) is 3.91. The average molecular weight is 415 g/mol. The molecule has 2 aromatic carbocycles. The zero-order valence-electron chi connectivity index (χ0n) is 15.9. The van der Waals surface area contributed by atoms with E-state index in [1.165, 1.54) is 28.7 Å². The van der Waals surface area contributed by atoms with Crippen LogP contribution in [-0.4, -0.2) is 29.0 Å². The number of hydrogen-bond acceptors (Lipinski definition) is 7. The van der Waals surface area contributed by atoms with Crippen LogP contribution in [0.1, 0.15) is 25.3 Å². The van der Waals surface area contributed by atoms with E-state index in [9.17, 15) is 4.79 Å². The van der Waals surface area contributed by atoms with Crippen molar-refractivity contribution < 1.29 is 9.53 Å². The third-order valence-corrected chi connectivity index (χ3v) is 5.88. The summed E-state index contributed by atoms with van der Waals surface area (Å²) in [6, 6.07) is 15.5. The van der Waals surface area contributed by atoms with Gasteiger partial charge in [0.2, 0.25) is 11.0 Å². The molecule has 0 atom stereocenters. The maximum Gasteiger partial charge on any atom is 0.234 e. The molecule has 0 bridgehead atoms. The number of benzene rings is 2. The molecule has 3 aromatic rings. The number of nitrogens with one attached hydrogen (secondary N) is 2. The van der Waals surface area contributed by atoms with Crippen molar-refractivity contribution in [2.75, 3.05) is 23.5 Å². The molecule has 0 aliphatic heterocycles. The van der Waals surface area contributed by atoms with Gasteiger partial charge in [0.1, 0.15) is 5.75 Å².